The third-order valence-corrected chi connectivity index (χ3v) is 3.62. The van der Waals surface area contributed by atoms with Gasteiger partial charge in [-0.25, -0.2) is 4.98 Å². The van der Waals surface area contributed by atoms with Crippen molar-refractivity contribution in [1.29, 1.82) is 0 Å². The Kier molecular flexibility index (Phi) is 4.44. The van der Waals surface area contributed by atoms with Crippen molar-refractivity contribution >= 4 is 28.3 Å². The van der Waals surface area contributed by atoms with Crippen LogP contribution in [0.1, 0.15) is 10.6 Å². The van der Waals surface area contributed by atoms with Crippen LogP contribution in [-0.2, 0) is 4.79 Å². The van der Waals surface area contributed by atoms with Gasteiger partial charge in [0.25, 0.3) is 5.91 Å². The first-order valence-corrected chi connectivity index (χ1v) is 7.58. The molecule has 23 heavy (non-hydrogen) atoms. The number of hydrogen-bond acceptors (Lipinski definition) is 6. The summed E-state index contributed by atoms with van der Waals surface area (Å²) in [4.78, 5) is 31.8. The predicted octanol–water partition coefficient (Wildman–Crippen LogP) is 2.17. The van der Waals surface area contributed by atoms with E-state index in [-0.39, 0.29) is 18.2 Å². The quantitative estimate of drug-likeness (QED) is 0.748. The van der Waals surface area contributed by atoms with Crippen LogP contribution in [0.3, 0.4) is 0 Å². The van der Waals surface area contributed by atoms with E-state index in [2.05, 4.69) is 20.6 Å². The van der Waals surface area contributed by atoms with Crippen LogP contribution in [0.5, 0.6) is 0 Å². The second kappa shape index (κ2) is 6.84. The fourth-order valence-electron chi connectivity index (χ4n) is 1.80. The van der Waals surface area contributed by atoms with E-state index in [4.69, 9.17) is 4.42 Å². The van der Waals surface area contributed by atoms with E-state index < -0.39 is 5.91 Å². The summed E-state index contributed by atoms with van der Waals surface area (Å²) in [5, 5.41) is 7.39. The van der Waals surface area contributed by atoms with Gasteiger partial charge in [-0.15, -0.1) is 11.3 Å². The molecule has 0 saturated carbocycles. The molecule has 3 aromatic heterocycles. The van der Waals surface area contributed by atoms with Gasteiger partial charge >= 0.3 is 0 Å². The summed E-state index contributed by atoms with van der Waals surface area (Å²) in [5.41, 5.74) is 1.60. The number of hydrogen-bond donors (Lipinski definition) is 2. The molecule has 0 fully saturated rings. The first-order chi connectivity index (χ1) is 11.2. The maximum absolute atomic E-state index is 11.8. The maximum atomic E-state index is 11.8. The fraction of sp³-hybridized carbons (Fsp3) is 0.0667. The van der Waals surface area contributed by atoms with Crippen molar-refractivity contribution in [2.24, 2.45) is 0 Å². The highest BCUT2D eigenvalue weighted by Gasteiger charge is 2.12. The van der Waals surface area contributed by atoms with Crippen LogP contribution in [0.2, 0.25) is 0 Å². The summed E-state index contributed by atoms with van der Waals surface area (Å²) in [6.07, 6.45) is 4.77. The van der Waals surface area contributed by atoms with Gasteiger partial charge in [-0.3, -0.25) is 14.6 Å². The molecule has 0 aromatic carbocycles. The molecule has 0 aliphatic carbocycles. The van der Waals surface area contributed by atoms with Gasteiger partial charge in [-0.05, 0) is 24.3 Å². The zero-order valence-electron chi connectivity index (χ0n) is 11.9. The predicted molar refractivity (Wildman–Crippen MR) is 85.0 cm³/mol. The molecule has 0 atom stereocenters. The third kappa shape index (κ3) is 3.80. The fourth-order valence-corrected chi connectivity index (χ4v) is 2.53. The maximum Gasteiger partial charge on any atom is 0.287 e. The highest BCUT2D eigenvalue weighted by molar-refractivity contribution is 7.14. The van der Waals surface area contributed by atoms with E-state index in [1.807, 2.05) is 17.5 Å². The lowest BCUT2D eigenvalue weighted by Gasteiger charge is -2.03. The van der Waals surface area contributed by atoms with E-state index >= 15 is 0 Å². The SMILES string of the molecule is O=C(CNC(=O)c1ccco1)Nc1nc(-c2cccnc2)cs1. The van der Waals surface area contributed by atoms with Gasteiger partial charge in [-0.1, -0.05) is 0 Å². The van der Waals surface area contributed by atoms with Gasteiger partial charge < -0.3 is 15.1 Å². The van der Waals surface area contributed by atoms with Crippen molar-refractivity contribution in [3.8, 4) is 11.3 Å². The molecule has 0 bridgehead atoms. The summed E-state index contributed by atoms with van der Waals surface area (Å²) in [6, 6.07) is 6.83. The van der Waals surface area contributed by atoms with Crippen molar-refractivity contribution < 1.29 is 14.0 Å². The molecule has 0 saturated heterocycles. The van der Waals surface area contributed by atoms with Crippen LogP contribution in [0.25, 0.3) is 11.3 Å². The van der Waals surface area contributed by atoms with Crippen LogP contribution < -0.4 is 10.6 Å². The van der Waals surface area contributed by atoms with E-state index in [9.17, 15) is 9.59 Å². The molecule has 0 aliphatic rings. The Labute approximate surface area is 135 Å². The van der Waals surface area contributed by atoms with Gasteiger partial charge in [0.05, 0.1) is 18.5 Å². The van der Waals surface area contributed by atoms with Crippen LogP contribution in [0, 0.1) is 0 Å². The molecule has 2 amide bonds. The summed E-state index contributed by atoms with van der Waals surface area (Å²) >= 11 is 1.30. The number of nitrogens with one attached hydrogen (secondary N) is 2. The van der Waals surface area contributed by atoms with Crippen molar-refractivity contribution in [2.45, 2.75) is 0 Å². The number of anilines is 1. The molecule has 3 heterocycles. The smallest absolute Gasteiger partial charge is 0.287 e. The van der Waals surface area contributed by atoms with Gasteiger partial charge in [-0.2, -0.15) is 0 Å². The number of rotatable bonds is 5. The van der Waals surface area contributed by atoms with Crippen molar-refractivity contribution in [2.75, 3.05) is 11.9 Å². The molecule has 116 valence electrons. The average Bonchev–Trinajstić information content (AvgIpc) is 3.25. The van der Waals surface area contributed by atoms with Gasteiger partial charge in [0.15, 0.2) is 10.9 Å². The normalized spacial score (nSPS) is 10.3. The summed E-state index contributed by atoms with van der Waals surface area (Å²) in [6.45, 7) is -0.165. The molecule has 2 N–H and O–H groups in total. The Hall–Kier alpha value is -3.00. The minimum Gasteiger partial charge on any atom is -0.459 e. The Balaban J connectivity index is 1.54. The van der Waals surface area contributed by atoms with Gasteiger partial charge in [0.2, 0.25) is 5.91 Å². The zero-order chi connectivity index (χ0) is 16.1. The Morgan fingerprint density at radius 2 is 2.17 bits per heavy atom. The Morgan fingerprint density at radius 1 is 1.26 bits per heavy atom. The highest BCUT2D eigenvalue weighted by Crippen LogP contribution is 2.23. The Bertz CT molecular complexity index is 799. The van der Waals surface area contributed by atoms with Crippen molar-refractivity contribution in [3.05, 3.63) is 54.1 Å². The number of carbonyl (C=O) groups is 2. The first kappa shape index (κ1) is 14.9. The lowest BCUT2D eigenvalue weighted by Crippen LogP contribution is -2.32. The molecule has 0 unspecified atom stereocenters. The molecule has 8 heteroatoms. The summed E-state index contributed by atoms with van der Waals surface area (Å²) in [7, 11) is 0. The highest BCUT2D eigenvalue weighted by atomic mass is 32.1. The molecular formula is C15H12N4O3S. The largest absolute Gasteiger partial charge is 0.459 e. The van der Waals surface area contributed by atoms with E-state index in [1.54, 1.807) is 18.5 Å². The van der Waals surface area contributed by atoms with Gasteiger partial charge in [0, 0.05) is 23.3 Å². The standard InChI is InChI=1S/C15H12N4O3S/c20-13(8-17-14(21)12-4-2-6-22-12)19-15-18-11(9-23-15)10-3-1-5-16-7-10/h1-7,9H,8H2,(H,17,21)(H,18,19,20). The second-order valence-corrected chi connectivity index (χ2v) is 5.35. The molecule has 0 aliphatic heterocycles. The van der Waals surface area contributed by atoms with Crippen molar-refractivity contribution in [1.82, 2.24) is 15.3 Å². The minimum atomic E-state index is -0.444. The van der Waals surface area contributed by atoms with E-state index in [0.29, 0.717) is 5.13 Å². The number of pyridine rings is 1. The molecule has 0 spiro atoms. The van der Waals surface area contributed by atoms with Crippen LogP contribution >= 0.6 is 11.3 Å². The van der Waals surface area contributed by atoms with E-state index in [0.717, 1.165) is 11.3 Å². The molecule has 7 nitrogen and oxygen atoms in total. The lowest BCUT2D eigenvalue weighted by atomic mass is 10.2. The van der Waals surface area contributed by atoms with Crippen molar-refractivity contribution in [3.63, 3.8) is 0 Å². The van der Waals surface area contributed by atoms with Gasteiger partial charge in [0.1, 0.15) is 0 Å². The molecular weight excluding hydrogens is 316 g/mol. The topological polar surface area (TPSA) is 97.1 Å². The molecule has 0 radical (unpaired) electrons. The van der Waals surface area contributed by atoms with Crippen LogP contribution in [0.15, 0.2) is 52.7 Å². The summed E-state index contributed by atoms with van der Waals surface area (Å²) in [5.74, 6) is -0.650. The van der Waals surface area contributed by atoms with Crippen LogP contribution in [0.4, 0.5) is 5.13 Å². The number of aromatic nitrogens is 2. The number of amides is 2. The number of carbonyl (C=O) groups excluding carboxylic acids is 2. The number of nitrogens with zero attached hydrogens (tertiary/aromatic N) is 2. The third-order valence-electron chi connectivity index (χ3n) is 2.86. The van der Waals surface area contributed by atoms with Crippen LogP contribution in [-0.4, -0.2) is 28.3 Å². The first-order valence-electron chi connectivity index (χ1n) is 6.70. The minimum absolute atomic E-state index is 0.158. The van der Waals surface area contributed by atoms with E-state index in [1.165, 1.54) is 23.7 Å². The zero-order valence-corrected chi connectivity index (χ0v) is 12.7. The summed E-state index contributed by atoms with van der Waals surface area (Å²) < 4.78 is 4.94. The monoisotopic (exact) mass is 328 g/mol. The Morgan fingerprint density at radius 3 is 2.91 bits per heavy atom. The number of furan rings is 1. The molecule has 3 rings (SSSR count). The average molecular weight is 328 g/mol. The second-order valence-electron chi connectivity index (χ2n) is 4.49. The number of thiazole rings is 1. The lowest BCUT2D eigenvalue weighted by molar-refractivity contribution is -0.115. The molecule has 3 aromatic rings.